The first-order chi connectivity index (χ1) is 15.1. The number of nitrogens with zero attached hydrogens (tertiary/aromatic N) is 4. The predicted molar refractivity (Wildman–Crippen MR) is 114 cm³/mol. The molecule has 1 aliphatic rings. The van der Waals surface area contributed by atoms with Gasteiger partial charge in [-0.15, -0.1) is 5.10 Å². The van der Waals surface area contributed by atoms with Crippen molar-refractivity contribution in [1.29, 1.82) is 0 Å². The molecule has 1 aromatic carbocycles. The molecular weight excluding hydrogens is 417 g/mol. The van der Waals surface area contributed by atoms with Crippen LogP contribution < -0.4 is 5.32 Å². The largest absolute Gasteiger partial charge is 0.351 e. The Kier molecular flexibility index (Phi) is 6.61. The molecule has 9 heteroatoms. The van der Waals surface area contributed by atoms with Gasteiger partial charge in [0.25, 0.3) is 5.91 Å². The minimum Gasteiger partial charge on any atom is -0.351 e. The third-order valence-electron chi connectivity index (χ3n) is 5.40. The van der Waals surface area contributed by atoms with Crippen molar-refractivity contribution in [2.75, 3.05) is 0 Å². The first-order valence-electron chi connectivity index (χ1n) is 10.1. The van der Waals surface area contributed by atoms with Crippen LogP contribution in [0.25, 0.3) is 0 Å². The molecule has 1 N–H and O–H groups in total. The quantitative estimate of drug-likeness (QED) is 0.609. The van der Waals surface area contributed by atoms with E-state index in [9.17, 15) is 14.0 Å². The minimum atomic E-state index is -0.983. The van der Waals surface area contributed by atoms with Crippen LogP contribution in [0.5, 0.6) is 0 Å². The highest BCUT2D eigenvalue weighted by atomic mass is 32.1. The number of pyridine rings is 1. The molecule has 2 amide bonds. The summed E-state index contributed by atoms with van der Waals surface area (Å²) in [7, 11) is 0. The molecule has 7 nitrogen and oxygen atoms in total. The zero-order valence-corrected chi connectivity index (χ0v) is 17.6. The number of hydrogen-bond acceptors (Lipinski definition) is 6. The van der Waals surface area contributed by atoms with Gasteiger partial charge in [-0.25, -0.2) is 4.39 Å². The van der Waals surface area contributed by atoms with Crippen molar-refractivity contribution in [3.63, 3.8) is 0 Å². The number of hydrogen-bond donors (Lipinski definition) is 1. The summed E-state index contributed by atoms with van der Waals surface area (Å²) in [6.45, 7) is -0.0965. The standard InChI is InChI=1S/C22H22FN5O2S/c23-18-10-4-1-6-16(18)13-28(22(30)19-14-31-27-26-19)20(15-7-5-11-24-12-15)21(29)25-17-8-2-3-9-17/h1,4-7,10-12,14,17,20H,2-3,8-9,13H2,(H,25,29)/t20-/m1/s1. The molecule has 31 heavy (non-hydrogen) atoms. The Morgan fingerprint density at radius 1 is 1.19 bits per heavy atom. The lowest BCUT2D eigenvalue weighted by atomic mass is 10.0. The highest BCUT2D eigenvalue weighted by Crippen LogP contribution is 2.27. The second kappa shape index (κ2) is 9.74. The van der Waals surface area contributed by atoms with Gasteiger partial charge in [-0.2, -0.15) is 0 Å². The highest BCUT2D eigenvalue weighted by Gasteiger charge is 2.35. The summed E-state index contributed by atoms with van der Waals surface area (Å²) in [6, 6.07) is 8.75. The Morgan fingerprint density at radius 3 is 2.68 bits per heavy atom. The number of aromatic nitrogens is 3. The average Bonchev–Trinajstić information content (AvgIpc) is 3.49. The van der Waals surface area contributed by atoms with Gasteiger partial charge in [0.1, 0.15) is 11.9 Å². The third kappa shape index (κ3) is 4.93. The van der Waals surface area contributed by atoms with E-state index in [0.717, 1.165) is 37.2 Å². The van der Waals surface area contributed by atoms with E-state index in [1.165, 1.54) is 16.3 Å². The van der Waals surface area contributed by atoms with Crippen molar-refractivity contribution in [3.05, 3.63) is 76.8 Å². The van der Waals surface area contributed by atoms with Crippen molar-refractivity contribution >= 4 is 23.3 Å². The van der Waals surface area contributed by atoms with Gasteiger partial charge < -0.3 is 10.2 Å². The zero-order chi connectivity index (χ0) is 21.6. The summed E-state index contributed by atoms with van der Waals surface area (Å²) in [4.78, 5) is 32.3. The smallest absolute Gasteiger partial charge is 0.276 e. The molecule has 0 aliphatic heterocycles. The minimum absolute atomic E-state index is 0.0676. The Balaban J connectivity index is 1.73. The maximum Gasteiger partial charge on any atom is 0.276 e. The van der Waals surface area contributed by atoms with Crippen molar-refractivity contribution < 1.29 is 14.0 Å². The maximum absolute atomic E-state index is 14.5. The number of rotatable bonds is 7. The Labute approximate surface area is 183 Å². The zero-order valence-electron chi connectivity index (χ0n) is 16.8. The van der Waals surface area contributed by atoms with Crippen molar-refractivity contribution in [1.82, 2.24) is 24.8 Å². The van der Waals surface area contributed by atoms with Gasteiger partial charge >= 0.3 is 0 Å². The van der Waals surface area contributed by atoms with Gasteiger partial charge in [-0.3, -0.25) is 14.6 Å². The van der Waals surface area contributed by atoms with E-state index >= 15 is 0 Å². The Hall–Kier alpha value is -3.20. The molecule has 1 atom stereocenters. The van der Waals surface area contributed by atoms with Crippen LogP contribution >= 0.6 is 11.5 Å². The van der Waals surface area contributed by atoms with Gasteiger partial charge in [0.05, 0.1) is 6.54 Å². The van der Waals surface area contributed by atoms with E-state index in [0.29, 0.717) is 11.1 Å². The van der Waals surface area contributed by atoms with Crippen LogP contribution in [0.4, 0.5) is 4.39 Å². The van der Waals surface area contributed by atoms with Crippen LogP contribution in [0.15, 0.2) is 54.2 Å². The monoisotopic (exact) mass is 439 g/mol. The molecule has 0 unspecified atom stereocenters. The second-order valence-electron chi connectivity index (χ2n) is 7.49. The van der Waals surface area contributed by atoms with Crippen molar-refractivity contribution in [3.8, 4) is 0 Å². The van der Waals surface area contributed by atoms with E-state index in [1.54, 1.807) is 42.7 Å². The average molecular weight is 440 g/mol. The fourth-order valence-electron chi connectivity index (χ4n) is 3.86. The van der Waals surface area contributed by atoms with Gasteiger partial charge in [0.15, 0.2) is 5.69 Å². The lowest BCUT2D eigenvalue weighted by Gasteiger charge is -2.31. The molecule has 4 rings (SSSR count). The molecule has 0 bridgehead atoms. The molecule has 0 spiro atoms. The van der Waals surface area contributed by atoms with E-state index in [2.05, 4.69) is 19.9 Å². The van der Waals surface area contributed by atoms with Gasteiger partial charge in [-0.1, -0.05) is 41.6 Å². The topological polar surface area (TPSA) is 88.1 Å². The van der Waals surface area contributed by atoms with Gasteiger partial charge in [-0.05, 0) is 36.5 Å². The van der Waals surface area contributed by atoms with Crippen LogP contribution in [0.2, 0.25) is 0 Å². The Morgan fingerprint density at radius 2 is 2.00 bits per heavy atom. The molecule has 0 saturated heterocycles. The summed E-state index contributed by atoms with van der Waals surface area (Å²) in [5.74, 6) is -1.25. The Bertz CT molecular complexity index is 1030. The highest BCUT2D eigenvalue weighted by molar-refractivity contribution is 7.03. The molecule has 160 valence electrons. The SMILES string of the molecule is O=C(NC1CCCC1)[C@@H](c1cccnc1)N(Cc1ccccc1F)C(=O)c1csnn1. The van der Waals surface area contributed by atoms with E-state index in [1.807, 2.05) is 0 Å². The molecule has 2 aromatic heterocycles. The van der Waals surface area contributed by atoms with Crippen LogP contribution in [-0.4, -0.2) is 37.3 Å². The summed E-state index contributed by atoms with van der Waals surface area (Å²) >= 11 is 1.04. The number of carbonyl (C=O) groups excluding carboxylic acids is 2. The summed E-state index contributed by atoms with van der Waals surface area (Å²) in [5.41, 5.74) is 0.969. The molecular formula is C22H22FN5O2S. The summed E-state index contributed by atoms with van der Waals surface area (Å²) < 4.78 is 18.2. The summed E-state index contributed by atoms with van der Waals surface area (Å²) in [6.07, 6.45) is 7.09. The van der Waals surface area contributed by atoms with Crippen LogP contribution in [0.3, 0.4) is 0 Å². The lowest BCUT2D eigenvalue weighted by Crippen LogP contribution is -2.46. The molecule has 1 aliphatic carbocycles. The van der Waals surface area contributed by atoms with Gasteiger partial charge in [0, 0.05) is 34.9 Å². The van der Waals surface area contributed by atoms with E-state index in [-0.39, 0.29) is 24.2 Å². The fourth-order valence-corrected chi connectivity index (χ4v) is 4.29. The lowest BCUT2D eigenvalue weighted by molar-refractivity contribution is -0.126. The van der Waals surface area contributed by atoms with Crippen LogP contribution in [-0.2, 0) is 11.3 Å². The molecule has 2 heterocycles. The third-order valence-corrected chi connectivity index (χ3v) is 5.90. The molecule has 0 radical (unpaired) electrons. The molecule has 1 saturated carbocycles. The second-order valence-corrected chi connectivity index (χ2v) is 8.10. The fraction of sp³-hybridized carbons (Fsp3) is 0.318. The van der Waals surface area contributed by atoms with E-state index < -0.39 is 17.8 Å². The van der Waals surface area contributed by atoms with Crippen molar-refractivity contribution in [2.24, 2.45) is 0 Å². The van der Waals surface area contributed by atoms with Crippen LogP contribution in [0, 0.1) is 5.82 Å². The number of nitrogens with one attached hydrogen (secondary N) is 1. The number of amides is 2. The first-order valence-corrected chi connectivity index (χ1v) is 11.0. The first kappa shape index (κ1) is 21.0. The van der Waals surface area contributed by atoms with Crippen LogP contribution in [0.1, 0.15) is 53.3 Å². The summed E-state index contributed by atoms with van der Waals surface area (Å²) in [5, 5.41) is 8.47. The van der Waals surface area contributed by atoms with Gasteiger partial charge in [0.2, 0.25) is 5.91 Å². The van der Waals surface area contributed by atoms with Crippen molar-refractivity contribution in [2.45, 2.75) is 44.3 Å². The molecule has 1 fully saturated rings. The predicted octanol–water partition coefficient (Wildman–Crippen LogP) is 3.51. The number of halogens is 1. The molecule has 3 aromatic rings. The number of benzene rings is 1. The maximum atomic E-state index is 14.5. The number of carbonyl (C=O) groups is 2. The normalized spacial score (nSPS) is 14.9. The van der Waals surface area contributed by atoms with E-state index in [4.69, 9.17) is 0 Å².